The molecule has 0 spiro atoms. The second-order valence-corrected chi connectivity index (χ2v) is 4.50. The predicted molar refractivity (Wildman–Crippen MR) is 59.6 cm³/mol. The van der Waals surface area contributed by atoms with Gasteiger partial charge in [-0.05, 0) is 5.92 Å². The van der Waals surface area contributed by atoms with E-state index >= 15 is 0 Å². The quantitative estimate of drug-likeness (QED) is 0.681. The van der Waals surface area contributed by atoms with Gasteiger partial charge in [0.25, 0.3) is 0 Å². The van der Waals surface area contributed by atoms with E-state index in [1.807, 2.05) is 13.8 Å². The zero-order valence-electron chi connectivity index (χ0n) is 8.74. The fourth-order valence-corrected chi connectivity index (χ4v) is 1.59. The molecule has 4 N–H and O–H groups in total. The van der Waals surface area contributed by atoms with E-state index in [0.29, 0.717) is 12.2 Å². The monoisotopic (exact) mass is 229 g/mol. The molecule has 0 saturated heterocycles. The Labute approximate surface area is 91.7 Å². The van der Waals surface area contributed by atoms with Crippen LogP contribution in [0.5, 0.6) is 0 Å². The summed E-state index contributed by atoms with van der Waals surface area (Å²) in [6.07, 6.45) is 0. The molecule has 0 aliphatic rings. The van der Waals surface area contributed by atoms with Gasteiger partial charge >= 0.3 is 4.87 Å². The van der Waals surface area contributed by atoms with E-state index in [2.05, 4.69) is 10.3 Å². The third kappa shape index (κ3) is 3.49. The summed E-state index contributed by atoms with van der Waals surface area (Å²) in [5.41, 5.74) is 6.35. The first-order valence-electron chi connectivity index (χ1n) is 4.70. The third-order valence-corrected chi connectivity index (χ3v) is 2.76. The highest BCUT2D eigenvalue weighted by atomic mass is 32.1. The summed E-state index contributed by atoms with van der Waals surface area (Å²) in [5, 5.41) is 4.35. The Kier molecular flexibility index (Phi) is 4.05. The topological polar surface area (TPSA) is 88.0 Å². The number of aromatic nitrogens is 1. The van der Waals surface area contributed by atoms with Crippen molar-refractivity contribution in [2.45, 2.75) is 26.4 Å². The second-order valence-electron chi connectivity index (χ2n) is 3.66. The van der Waals surface area contributed by atoms with E-state index < -0.39 is 6.04 Å². The van der Waals surface area contributed by atoms with Crippen LogP contribution in [0, 0.1) is 5.92 Å². The van der Waals surface area contributed by atoms with E-state index in [-0.39, 0.29) is 16.7 Å². The van der Waals surface area contributed by atoms with Crippen LogP contribution in [0.4, 0.5) is 0 Å². The van der Waals surface area contributed by atoms with Gasteiger partial charge in [0.05, 0.1) is 12.6 Å². The van der Waals surface area contributed by atoms with Gasteiger partial charge in [-0.1, -0.05) is 25.2 Å². The van der Waals surface area contributed by atoms with Crippen molar-refractivity contribution in [3.8, 4) is 0 Å². The summed E-state index contributed by atoms with van der Waals surface area (Å²) in [7, 11) is 0. The highest BCUT2D eigenvalue weighted by Crippen LogP contribution is 1.99. The van der Waals surface area contributed by atoms with E-state index in [4.69, 9.17) is 5.73 Å². The highest BCUT2D eigenvalue weighted by Gasteiger charge is 2.16. The van der Waals surface area contributed by atoms with E-state index in [9.17, 15) is 9.59 Å². The van der Waals surface area contributed by atoms with Gasteiger partial charge in [0.2, 0.25) is 5.91 Å². The zero-order valence-corrected chi connectivity index (χ0v) is 9.56. The normalized spacial score (nSPS) is 12.8. The third-order valence-electron chi connectivity index (χ3n) is 2.04. The van der Waals surface area contributed by atoms with E-state index in [1.165, 1.54) is 0 Å². The summed E-state index contributed by atoms with van der Waals surface area (Å²) in [5.74, 6) is -0.0939. The van der Waals surface area contributed by atoms with Crippen LogP contribution in [0.3, 0.4) is 0 Å². The summed E-state index contributed by atoms with van der Waals surface area (Å²) in [6, 6.07) is -0.504. The zero-order chi connectivity index (χ0) is 11.4. The molecule has 5 nitrogen and oxygen atoms in total. The van der Waals surface area contributed by atoms with Crippen LogP contribution in [-0.4, -0.2) is 16.9 Å². The van der Waals surface area contributed by atoms with Crippen molar-refractivity contribution in [3.63, 3.8) is 0 Å². The van der Waals surface area contributed by atoms with Crippen LogP contribution in [0.1, 0.15) is 19.5 Å². The van der Waals surface area contributed by atoms with Crippen LogP contribution < -0.4 is 15.9 Å². The Morgan fingerprint density at radius 3 is 2.80 bits per heavy atom. The maximum Gasteiger partial charge on any atom is 0.304 e. The fourth-order valence-electron chi connectivity index (χ4n) is 1.00. The molecule has 0 aliphatic heterocycles. The molecule has 0 bridgehead atoms. The molecule has 1 amide bonds. The smallest absolute Gasteiger partial charge is 0.304 e. The van der Waals surface area contributed by atoms with Crippen LogP contribution >= 0.6 is 11.3 Å². The molecule has 0 aliphatic carbocycles. The SMILES string of the molecule is CC(C)[C@H](N)C(=O)NCc1csc(=O)[nH]1. The number of hydrogen-bond acceptors (Lipinski definition) is 4. The second kappa shape index (κ2) is 5.09. The van der Waals surface area contributed by atoms with Gasteiger partial charge < -0.3 is 16.0 Å². The van der Waals surface area contributed by atoms with Gasteiger partial charge in [0.1, 0.15) is 0 Å². The molecule has 1 atom stereocenters. The van der Waals surface area contributed by atoms with Gasteiger partial charge in [-0.15, -0.1) is 0 Å². The lowest BCUT2D eigenvalue weighted by Gasteiger charge is -2.14. The Bertz CT molecular complexity index is 383. The maximum absolute atomic E-state index is 11.4. The van der Waals surface area contributed by atoms with Gasteiger partial charge in [0, 0.05) is 11.1 Å². The predicted octanol–water partition coefficient (Wildman–Crippen LogP) is 0.0359. The molecule has 6 heteroatoms. The number of carbonyl (C=O) groups excluding carboxylic acids is 1. The number of thiazole rings is 1. The molecule has 15 heavy (non-hydrogen) atoms. The molecule has 1 aromatic heterocycles. The number of hydrogen-bond donors (Lipinski definition) is 3. The van der Waals surface area contributed by atoms with Crippen molar-refractivity contribution < 1.29 is 4.79 Å². The average molecular weight is 229 g/mol. The van der Waals surface area contributed by atoms with Gasteiger partial charge in [-0.25, -0.2) is 0 Å². The largest absolute Gasteiger partial charge is 0.349 e. The van der Waals surface area contributed by atoms with E-state index in [0.717, 1.165) is 11.3 Å². The average Bonchev–Trinajstić information content (AvgIpc) is 2.59. The van der Waals surface area contributed by atoms with Gasteiger partial charge in [-0.2, -0.15) is 0 Å². The van der Waals surface area contributed by atoms with Crippen LogP contribution in [0.25, 0.3) is 0 Å². The van der Waals surface area contributed by atoms with Gasteiger partial charge in [0.15, 0.2) is 0 Å². The minimum Gasteiger partial charge on any atom is -0.349 e. The number of amides is 1. The van der Waals surface area contributed by atoms with Crippen molar-refractivity contribution in [2.24, 2.45) is 11.7 Å². The highest BCUT2D eigenvalue weighted by molar-refractivity contribution is 7.07. The number of aromatic amines is 1. The first-order chi connectivity index (χ1) is 7.00. The van der Waals surface area contributed by atoms with Crippen molar-refractivity contribution in [1.29, 1.82) is 0 Å². The first-order valence-corrected chi connectivity index (χ1v) is 5.58. The minimum absolute atomic E-state index is 0.103. The molecule has 1 heterocycles. The Morgan fingerprint density at radius 1 is 1.67 bits per heavy atom. The number of rotatable bonds is 4. The summed E-state index contributed by atoms with van der Waals surface area (Å²) >= 11 is 1.08. The maximum atomic E-state index is 11.4. The number of nitrogens with one attached hydrogen (secondary N) is 2. The summed E-state index contributed by atoms with van der Waals surface area (Å²) in [6.45, 7) is 4.09. The molecule has 0 aromatic carbocycles. The van der Waals surface area contributed by atoms with Crippen molar-refractivity contribution >= 4 is 17.2 Å². The van der Waals surface area contributed by atoms with Crippen molar-refractivity contribution in [1.82, 2.24) is 10.3 Å². The lowest BCUT2D eigenvalue weighted by molar-refractivity contribution is -0.123. The standard InChI is InChI=1S/C9H15N3O2S/c1-5(2)7(10)8(13)11-3-6-4-15-9(14)12-6/h4-5,7H,3,10H2,1-2H3,(H,11,13)(H,12,14)/t7-/m0/s1. The van der Waals surface area contributed by atoms with Crippen LogP contribution in [0.15, 0.2) is 10.2 Å². The Balaban J connectivity index is 2.44. The first kappa shape index (κ1) is 11.9. The molecule has 1 aromatic rings. The lowest BCUT2D eigenvalue weighted by atomic mass is 10.1. The Morgan fingerprint density at radius 2 is 2.33 bits per heavy atom. The Hall–Kier alpha value is -1.14. The molecular weight excluding hydrogens is 214 g/mol. The molecule has 0 unspecified atom stereocenters. The van der Waals surface area contributed by atoms with E-state index in [1.54, 1.807) is 5.38 Å². The van der Waals surface area contributed by atoms with Crippen LogP contribution in [0.2, 0.25) is 0 Å². The fraction of sp³-hybridized carbons (Fsp3) is 0.556. The number of H-pyrrole nitrogens is 1. The number of carbonyl (C=O) groups is 1. The number of nitrogens with two attached hydrogens (primary N) is 1. The molecular formula is C9H15N3O2S. The van der Waals surface area contributed by atoms with Crippen molar-refractivity contribution in [2.75, 3.05) is 0 Å². The molecule has 0 saturated carbocycles. The minimum atomic E-state index is -0.504. The molecule has 0 radical (unpaired) electrons. The van der Waals surface area contributed by atoms with Crippen LogP contribution in [-0.2, 0) is 11.3 Å². The summed E-state index contributed by atoms with van der Waals surface area (Å²) < 4.78 is 0. The summed E-state index contributed by atoms with van der Waals surface area (Å²) in [4.78, 5) is 24.7. The van der Waals surface area contributed by atoms with Gasteiger partial charge in [-0.3, -0.25) is 9.59 Å². The molecule has 0 fully saturated rings. The molecule has 1 rings (SSSR count). The van der Waals surface area contributed by atoms with Crippen molar-refractivity contribution in [3.05, 3.63) is 20.7 Å². The molecule has 84 valence electrons. The lowest BCUT2D eigenvalue weighted by Crippen LogP contribution is -2.43.